The molecule has 0 aliphatic rings. The largest absolute Gasteiger partial charge is 0.327 e. The lowest BCUT2D eigenvalue weighted by atomic mass is 10.0. The van der Waals surface area contributed by atoms with Crippen molar-refractivity contribution in [2.24, 2.45) is 5.73 Å². The van der Waals surface area contributed by atoms with E-state index in [2.05, 4.69) is 6.92 Å². The van der Waals surface area contributed by atoms with Gasteiger partial charge in [0, 0.05) is 6.04 Å². The topological polar surface area (TPSA) is 26.0 Å². The standard InChI is InChI=1S/C12H18FN/c1-2-3-4-12(14)9-10-5-7-11(13)8-6-10/h5-8,12H,2-4,9,14H2,1H3. The lowest BCUT2D eigenvalue weighted by Gasteiger charge is -2.10. The van der Waals surface area contributed by atoms with E-state index in [1.165, 1.54) is 25.0 Å². The van der Waals surface area contributed by atoms with Gasteiger partial charge in [-0.05, 0) is 30.5 Å². The summed E-state index contributed by atoms with van der Waals surface area (Å²) < 4.78 is 12.6. The first-order valence-electron chi connectivity index (χ1n) is 5.22. The van der Waals surface area contributed by atoms with Gasteiger partial charge >= 0.3 is 0 Å². The van der Waals surface area contributed by atoms with Gasteiger partial charge in [0.05, 0.1) is 0 Å². The molecular weight excluding hydrogens is 177 g/mol. The van der Waals surface area contributed by atoms with Crippen LogP contribution in [0.1, 0.15) is 31.7 Å². The van der Waals surface area contributed by atoms with Gasteiger partial charge in [-0.1, -0.05) is 31.9 Å². The maximum Gasteiger partial charge on any atom is 0.123 e. The Bertz CT molecular complexity index is 256. The Kier molecular flexibility index (Phi) is 4.60. The average Bonchev–Trinajstić information content (AvgIpc) is 2.18. The van der Waals surface area contributed by atoms with Crippen molar-refractivity contribution in [2.75, 3.05) is 0 Å². The first kappa shape index (κ1) is 11.2. The van der Waals surface area contributed by atoms with E-state index in [1.54, 1.807) is 12.1 Å². The molecule has 0 bridgehead atoms. The molecule has 78 valence electrons. The van der Waals surface area contributed by atoms with Gasteiger partial charge in [-0.25, -0.2) is 4.39 Å². The number of benzene rings is 1. The molecule has 0 aromatic heterocycles. The fourth-order valence-corrected chi connectivity index (χ4v) is 1.49. The molecule has 1 rings (SSSR count). The molecule has 1 unspecified atom stereocenters. The summed E-state index contributed by atoms with van der Waals surface area (Å²) in [5.41, 5.74) is 7.06. The highest BCUT2D eigenvalue weighted by Gasteiger charge is 2.03. The van der Waals surface area contributed by atoms with Crippen LogP contribution < -0.4 is 5.73 Å². The molecule has 1 atom stereocenters. The van der Waals surface area contributed by atoms with Crippen LogP contribution in [0.25, 0.3) is 0 Å². The Hall–Kier alpha value is -0.890. The minimum absolute atomic E-state index is 0.184. The molecule has 0 fully saturated rings. The first-order chi connectivity index (χ1) is 6.72. The van der Waals surface area contributed by atoms with Crippen molar-refractivity contribution in [1.29, 1.82) is 0 Å². The molecule has 0 aliphatic carbocycles. The average molecular weight is 195 g/mol. The maximum absolute atomic E-state index is 12.6. The molecule has 1 aromatic carbocycles. The molecule has 1 aromatic rings. The van der Waals surface area contributed by atoms with E-state index in [-0.39, 0.29) is 11.9 Å². The van der Waals surface area contributed by atoms with Crippen LogP contribution in [-0.2, 0) is 6.42 Å². The van der Waals surface area contributed by atoms with Gasteiger partial charge in [0.25, 0.3) is 0 Å². The number of hydrogen-bond donors (Lipinski definition) is 1. The molecule has 0 radical (unpaired) electrons. The summed E-state index contributed by atoms with van der Waals surface area (Å²) in [4.78, 5) is 0. The van der Waals surface area contributed by atoms with Crippen LogP contribution in [0.5, 0.6) is 0 Å². The number of rotatable bonds is 5. The molecule has 2 N–H and O–H groups in total. The lowest BCUT2D eigenvalue weighted by Crippen LogP contribution is -2.22. The van der Waals surface area contributed by atoms with E-state index in [1.807, 2.05) is 0 Å². The van der Waals surface area contributed by atoms with Crippen molar-refractivity contribution in [3.8, 4) is 0 Å². The van der Waals surface area contributed by atoms with Gasteiger partial charge in [-0.15, -0.1) is 0 Å². The van der Waals surface area contributed by atoms with Crippen LogP contribution in [0.4, 0.5) is 4.39 Å². The second kappa shape index (κ2) is 5.76. The summed E-state index contributed by atoms with van der Waals surface area (Å²) in [6, 6.07) is 6.80. The highest BCUT2D eigenvalue weighted by Crippen LogP contribution is 2.08. The van der Waals surface area contributed by atoms with Crippen molar-refractivity contribution < 1.29 is 4.39 Å². The van der Waals surface area contributed by atoms with Gasteiger partial charge in [0.2, 0.25) is 0 Å². The quantitative estimate of drug-likeness (QED) is 0.768. The predicted molar refractivity (Wildman–Crippen MR) is 57.6 cm³/mol. The van der Waals surface area contributed by atoms with E-state index in [0.717, 1.165) is 18.4 Å². The Morgan fingerprint density at radius 1 is 1.29 bits per heavy atom. The summed E-state index contributed by atoms with van der Waals surface area (Å²) in [5, 5.41) is 0. The maximum atomic E-state index is 12.6. The highest BCUT2D eigenvalue weighted by atomic mass is 19.1. The van der Waals surface area contributed by atoms with E-state index < -0.39 is 0 Å². The summed E-state index contributed by atoms with van der Waals surface area (Å²) in [7, 11) is 0. The SMILES string of the molecule is CCCCC(N)Cc1ccc(F)cc1. The van der Waals surface area contributed by atoms with Crippen molar-refractivity contribution in [3.63, 3.8) is 0 Å². The minimum atomic E-state index is -0.184. The monoisotopic (exact) mass is 195 g/mol. The van der Waals surface area contributed by atoms with Crippen molar-refractivity contribution >= 4 is 0 Å². The Morgan fingerprint density at radius 3 is 2.50 bits per heavy atom. The van der Waals surface area contributed by atoms with Gasteiger partial charge in [0.15, 0.2) is 0 Å². The number of unbranched alkanes of at least 4 members (excludes halogenated alkanes) is 1. The Balaban J connectivity index is 2.39. The molecule has 0 amide bonds. The van der Waals surface area contributed by atoms with Crippen LogP contribution in [0, 0.1) is 5.82 Å². The Labute approximate surface area is 85.1 Å². The van der Waals surface area contributed by atoms with Crippen molar-refractivity contribution in [2.45, 2.75) is 38.6 Å². The third-order valence-corrected chi connectivity index (χ3v) is 2.34. The molecule has 14 heavy (non-hydrogen) atoms. The number of halogens is 1. The molecular formula is C12H18FN. The molecule has 2 heteroatoms. The fourth-order valence-electron chi connectivity index (χ4n) is 1.49. The van der Waals surface area contributed by atoms with Gasteiger partial charge < -0.3 is 5.73 Å². The van der Waals surface area contributed by atoms with Crippen molar-refractivity contribution in [3.05, 3.63) is 35.6 Å². The summed E-state index contributed by atoms with van der Waals surface area (Å²) in [6.45, 7) is 2.16. The zero-order valence-electron chi connectivity index (χ0n) is 8.67. The van der Waals surface area contributed by atoms with Crippen LogP contribution in [0.3, 0.4) is 0 Å². The second-order valence-electron chi connectivity index (χ2n) is 3.73. The first-order valence-corrected chi connectivity index (χ1v) is 5.22. The third kappa shape index (κ3) is 3.88. The predicted octanol–water partition coefficient (Wildman–Crippen LogP) is 2.89. The number of nitrogens with two attached hydrogens (primary N) is 1. The molecule has 0 saturated heterocycles. The molecule has 0 spiro atoms. The summed E-state index contributed by atoms with van der Waals surface area (Å²) in [6.07, 6.45) is 4.24. The highest BCUT2D eigenvalue weighted by molar-refractivity contribution is 5.16. The van der Waals surface area contributed by atoms with Crippen LogP contribution in [0.15, 0.2) is 24.3 Å². The van der Waals surface area contributed by atoms with Gasteiger partial charge in [-0.2, -0.15) is 0 Å². The molecule has 0 saturated carbocycles. The molecule has 0 aliphatic heterocycles. The van der Waals surface area contributed by atoms with E-state index in [9.17, 15) is 4.39 Å². The fraction of sp³-hybridized carbons (Fsp3) is 0.500. The summed E-state index contributed by atoms with van der Waals surface area (Å²) >= 11 is 0. The van der Waals surface area contributed by atoms with Gasteiger partial charge in [0.1, 0.15) is 5.82 Å². The van der Waals surface area contributed by atoms with Crippen LogP contribution >= 0.6 is 0 Å². The van der Waals surface area contributed by atoms with Crippen molar-refractivity contribution in [1.82, 2.24) is 0 Å². The minimum Gasteiger partial charge on any atom is -0.327 e. The normalized spacial score (nSPS) is 12.8. The van der Waals surface area contributed by atoms with Crippen LogP contribution in [-0.4, -0.2) is 6.04 Å². The Morgan fingerprint density at radius 2 is 1.93 bits per heavy atom. The second-order valence-corrected chi connectivity index (χ2v) is 3.73. The van der Waals surface area contributed by atoms with E-state index in [4.69, 9.17) is 5.73 Å². The van der Waals surface area contributed by atoms with E-state index >= 15 is 0 Å². The molecule has 1 nitrogen and oxygen atoms in total. The third-order valence-electron chi connectivity index (χ3n) is 2.34. The zero-order valence-corrected chi connectivity index (χ0v) is 8.67. The zero-order chi connectivity index (χ0) is 10.4. The smallest absolute Gasteiger partial charge is 0.123 e. The molecule has 0 heterocycles. The lowest BCUT2D eigenvalue weighted by molar-refractivity contribution is 0.572. The summed E-state index contributed by atoms with van der Waals surface area (Å²) in [5.74, 6) is -0.184. The van der Waals surface area contributed by atoms with Crippen LogP contribution in [0.2, 0.25) is 0 Å². The van der Waals surface area contributed by atoms with Gasteiger partial charge in [-0.3, -0.25) is 0 Å². The number of hydrogen-bond acceptors (Lipinski definition) is 1. The van der Waals surface area contributed by atoms with E-state index in [0.29, 0.717) is 0 Å².